The molecule has 0 fully saturated rings. The number of rotatable bonds is 3. The number of nitrogens with zero attached hydrogens (tertiary/aromatic N) is 1. The van der Waals surface area contributed by atoms with E-state index in [1.165, 1.54) is 12.3 Å². The standard InChI is InChI=1S/C12H18N2O2/c1-5-12(2,3)14(4)11(16)9-6-7-13-10(15)8-9/h6-8H,5H2,1-4H3,(H,13,15). The Bertz CT molecular complexity index is 435. The Morgan fingerprint density at radius 2 is 2.12 bits per heavy atom. The van der Waals surface area contributed by atoms with E-state index in [1.54, 1.807) is 18.0 Å². The second kappa shape index (κ2) is 4.51. The Balaban J connectivity index is 2.99. The average molecular weight is 222 g/mol. The first-order valence-corrected chi connectivity index (χ1v) is 5.35. The van der Waals surface area contributed by atoms with Gasteiger partial charge in [-0.1, -0.05) is 6.92 Å². The molecule has 4 nitrogen and oxygen atoms in total. The lowest BCUT2D eigenvalue weighted by molar-refractivity contribution is 0.0620. The van der Waals surface area contributed by atoms with Gasteiger partial charge < -0.3 is 9.88 Å². The van der Waals surface area contributed by atoms with E-state index < -0.39 is 0 Å². The van der Waals surface area contributed by atoms with Crippen LogP contribution in [0.2, 0.25) is 0 Å². The Kier molecular flexibility index (Phi) is 3.52. The molecule has 0 aliphatic carbocycles. The summed E-state index contributed by atoms with van der Waals surface area (Å²) in [5.74, 6) is -0.127. The van der Waals surface area contributed by atoms with Crippen molar-refractivity contribution in [3.8, 4) is 0 Å². The fourth-order valence-electron chi connectivity index (χ4n) is 1.28. The summed E-state index contributed by atoms with van der Waals surface area (Å²) in [7, 11) is 1.76. The summed E-state index contributed by atoms with van der Waals surface area (Å²) in [6.45, 7) is 6.03. The number of aromatic nitrogens is 1. The highest BCUT2D eigenvalue weighted by Gasteiger charge is 2.26. The van der Waals surface area contributed by atoms with E-state index in [0.717, 1.165) is 6.42 Å². The normalized spacial score (nSPS) is 11.2. The summed E-state index contributed by atoms with van der Waals surface area (Å²) >= 11 is 0. The van der Waals surface area contributed by atoms with Crippen LogP contribution in [0.15, 0.2) is 23.1 Å². The van der Waals surface area contributed by atoms with Crippen LogP contribution < -0.4 is 5.56 Å². The number of carbonyl (C=O) groups excluding carboxylic acids is 1. The van der Waals surface area contributed by atoms with Crippen molar-refractivity contribution in [3.05, 3.63) is 34.2 Å². The Labute approximate surface area is 95.3 Å². The average Bonchev–Trinajstić information content (AvgIpc) is 2.27. The SMILES string of the molecule is CCC(C)(C)N(C)C(=O)c1cc[nH]c(=O)c1. The molecule has 0 bridgehead atoms. The number of H-pyrrole nitrogens is 1. The molecule has 0 saturated heterocycles. The highest BCUT2D eigenvalue weighted by molar-refractivity contribution is 5.94. The lowest BCUT2D eigenvalue weighted by Crippen LogP contribution is -2.44. The first kappa shape index (κ1) is 12.5. The molecule has 0 atom stereocenters. The van der Waals surface area contributed by atoms with Gasteiger partial charge in [0.25, 0.3) is 5.91 Å². The van der Waals surface area contributed by atoms with Crippen LogP contribution in [0.25, 0.3) is 0 Å². The molecule has 0 radical (unpaired) electrons. The molecular weight excluding hydrogens is 204 g/mol. The van der Waals surface area contributed by atoms with E-state index in [-0.39, 0.29) is 17.0 Å². The molecule has 1 amide bonds. The first-order chi connectivity index (χ1) is 7.38. The van der Waals surface area contributed by atoms with Crippen molar-refractivity contribution in [3.63, 3.8) is 0 Å². The maximum absolute atomic E-state index is 12.1. The van der Waals surface area contributed by atoms with Crippen molar-refractivity contribution in [2.75, 3.05) is 7.05 Å². The molecule has 1 heterocycles. The zero-order chi connectivity index (χ0) is 12.3. The van der Waals surface area contributed by atoms with Crippen LogP contribution in [0.4, 0.5) is 0 Å². The van der Waals surface area contributed by atoms with Crippen LogP contribution >= 0.6 is 0 Å². The molecule has 0 saturated carbocycles. The van der Waals surface area contributed by atoms with Gasteiger partial charge in [0.2, 0.25) is 5.56 Å². The number of nitrogens with one attached hydrogen (secondary N) is 1. The minimum absolute atomic E-state index is 0.127. The minimum atomic E-state index is -0.256. The fraction of sp³-hybridized carbons (Fsp3) is 0.500. The highest BCUT2D eigenvalue weighted by Crippen LogP contribution is 2.18. The molecular formula is C12H18N2O2. The molecule has 1 N–H and O–H groups in total. The molecule has 1 aromatic heterocycles. The van der Waals surface area contributed by atoms with Crippen molar-refractivity contribution in [1.29, 1.82) is 0 Å². The summed E-state index contributed by atoms with van der Waals surface area (Å²) in [4.78, 5) is 27.3. The smallest absolute Gasteiger partial charge is 0.254 e. The Morgan fingerprint density at radius 1 is 1.50 bits per heavy atom. The number of aromatic amines is 1. The number of carbonyl (C=O) groups is 1. The quantitative estimate of drug-likeness (QED) is 0.845. The van der Waals surface area contributed by atoms with E-state index in [1.807, 2.05) is 20.8 Å². The van der Waals surface area contributed by atoms with Crippen molar-refractivity contribution in [2.24, 2.45) is 0 Å². The largest absolute Gasteiger partial charge is 0.337 e. The van der Waals surface area contributed by atoms with Gasteiger partial charge >= 0.3 is 0 Å². The van der Waals surface area contributed by atoms with Crippen LogP contribution in [-0.4, -0.2) is 28.4 Å². The molecule has 1 aromatic rings. The lowest BCUT2D eigenvalue weighted by atomic mass is 9.99. The topological polar surface area (TPSA) is 53.2 Å². The zero-order valence-electron chi connectivity index (χ0n) is 10.2. The predicted octanol–water partition coefficient (Wildman–Crippen LogP) is 1.64. The number of hydrogen-bond donors (Lipinski definition) is 1. The second-order valence-electron chi connectivity index (χ2n) is 4.47. The number of hydrogen-bond acceptors (Lipinski definition) is 2. The molecule has 0 spiro atoms. The molecule has 0 aliphatic rings. The maximum Gasteiger partial charge on any atom is 0.254 e. The summed E-state index contributed by atoms with van der Waals surface area (Å²) in [6.07, 6.45) is 2.35. The summed E-state index contributed by atoms with van der Waals surface area (Å²) in [5, 5.41) is 0. The molecule has 88 valence electrons. The highest BCUT2D eigenvalue weighted by atomic mass is 16.2. The molecule has 0 aliphatic heterocycles. The van der Waals surface area contributed by atoms with Gasteiger partial charge in [0.1, 0.15) is 0 Å². The van der Waals surface area contributed by atoms with Gasteiger partial charge in [-0.2, -0.15) is 0 Å². The van der Waals surface area contributed by atoms with Crippen LogP contribution in [0.1, 0.15) is 37.6 Å². The van der Waals surface area contributed by atoms with Gasteiger partial charge in [0, 0.05) is 30.4 Å². The van der Waals surface area contributed by atoms with Gasteiger partial charge in [0.05, 0.1) is 0 Å². The Morgan fingerprint density at radius 3 is 2.62 bits per heavy atom. The third-order valence-corrected chi connectivity index (χ3v) is 3.10. The van der Waals surface area contributed by atoms with Gasteiger partial charge in [0.15, 0.2) is 0 Å². The molecule has 16 heavy (non-hydrogen) atoms. The van der Waals surface area contributed by atoms with Crippen LogP contribution in [0, 0.1) is 0 Å². The van der Waals surface area contributed by atoms with Crippen molar-refractivity contribution < 1.29 is 4.79 Å². The van der Waals surface area contributed by atoms with Gasteiger partial charge in [-0.3, -0.25) is 9.59 Å². The molecule has 4 heteroatoms. The molecule has 0 unspecified atom stereocenters. The molecule has 1 rings (SSSR count). The summed E-state index contributed by atoms with van der Waals surface area (Å²) in [5.41, 5.74) is -0.0407. The summed E-state index contributed by atoms with van der Waals surface area (Å²) < 4.78 is 0. The third-order valence-electron chi connectivity index (χ3n) is 3.10. The fourth-order valence-corrected chi connectivity index (χ4v) is 1.28. The second-order valence-corrected chi connectivity index (χ2v) is 4.47. The zero-order valence-corrected chi connectivity index (χ0v) is 10.2. The van der Waals surface area contributed by atoms with Crippen molar-refractivity contribution in [1.82, 2.24) is 9.88 Å². The van der Waals surface area contributed by atoms with E-state index >= 15 is 0 Å². The number of pyridine rings is 1. The lowest BCUT2D eigenvalue weighted by Gasteiger charge is -2.34. The van der Waals surface area contributed by atoms with E-state index in [2.05, 4.69) is 4.98 Å². The van der Waals surface area contributed by atoms with Crippen LogP contribution in [0.3, 0.4) is 0 Å². The monoisotopic (exact) mass is 222 g/mol. The third kappa shape index (κ3) is 2.51. The van der Waals surface area contributed by atoms with E-state index in [4.69, 9.17) is 0 Å². The van der Waals surface area contributed by atoms with Crippen molar-refractivity contribution in [2.45, 2.75) is 32.7 Å². The van der Waals surface area contributed by atoms with Crippen LogP contribution in [0.5, 0.6) is 0 Å². The van der Waals surface area contributed by atoms with E-state index in [9.17, 15) is 9.59 Å². The predicted molar refractivity (Wildman–Crippen MR) is 63.5 cm³/mol. The first-order valence-electron chi connectivity index (χ1n) is 5.35. The van der Waals surface area contributed by atoms with Crippen molar-refractivity contribution >= 4 is 5.91 Å². The molecule has 0 aromatic carbocycles. The van der Waals surface area contributed by atoms with Gasteiger partial charge in [-0.25, -0.2) is 0 Å². The van der Waals surface area contributed by atoms with Gasteiger partial charge in [-0.05, 0) is 26.3 Å². The minimum Gasteiger partial charge on any atom is -0.337 e. The Hall–Kier alpha value is -1.58. The van der Waals surface area contributed by atoms with Gasteiger partial charge in [-0.15, -0.1) is 0 Å². The van der Waals surface area contributed by atoms with Crippen LogP contribution in [-0.2, 0) is 0 Å². The maximum atomic E-state index is 12.1. The summed E-state index contributed by atoms with van der Waals surface area (Å²) in [6, 6.07) is 2.94. The van der Waals surface area contributed by atoms with E-state index in [0.29, 0.717) is 5.56 Å². The number of amides is 1.